The number of hydrogen-bond acceptors (Lipinski definition) is 8. The van der Waals surface area contributed by atoms with Gasteiger partial charge in [-0.2, -0.15) is 0 Å². The number of likely N-dealkylation sites (N-methyl/N-ethyl adjacent to an activating group) is 1. The Hall–Kier alpha value is -0.990. The van der Waals surface area contributed by atoms with Crippen LogP contribution in [0.15, 0.2) is 0 Å². The molecule has 0 spiro atoms. The van der Waals surface area contributed by atoms with Crippen molar-refractivity contribution in [2.45, 2.75) is 180 Å². The molecule has 1 unspecified atom stereocenters. The number of phosphoric acid groups is 1. The Kier molecular flexibility index (Phi) is 30.4. The average Bonchev–Trinajstić information content (AvgIpc) is 3.01. The van der Waals surface area contributed by atoms with E-state index in [-0.39, 0.29) is 32.0 Å². The second-order valence-electron chi connectivity index (χ2n) is 14.3. The van der Waals surface area contributed by atoms with Crippen LogP contribution in [-0.2, 0) is 32.7 Å². The number of rotatable bonds is 35. The van der Waals surface area contributed by atoms with Crippen LogP contribution in [0.5, 0.6) is 0 Å². The van der Waals surface area contributed by atoms with Crippen LogP contribution in [-0.4, -0.2) is 70.0 Å². The number of hydrogen-bond donors (Lipinski definition) is 0. The summed E-state index contributed by atoms with van der Waals surface area (Å²) in [5, 5.41) is 0. The number of esters is 2. The fourth-order valence-electron chi connectivity index (χ4n) is 5.30. The molecule has 10 heteroatoms. The number of nitrogens with zero attached hydrogens (tertiary/aromatic N) is 1. The van der Waals surface area contributed by atoms with Gasteiger partial charge in [0.2, 0.25) is 0 Å². The molecule has 0 amide bonds. The number of ether oxygens (including phenoxy) is 2. The average molecular weight is 692 g/mol. The van der Waals surface area contributed by atoms with Gasteiger partial charge in [-0.05, 0) is 12.8 Å². The highest BCUT2D eigenvalue weighted by molar-refractivity contribution is 7.45. The number of carbonyl (C=O) groups is 2. The first-order chi connectivity index (χ1) is 22.5. The van der Waals surface area contributed by atoms with Gasteiger partial charge in [-0.1, -0.05) is 149 Å². The van der Waals surface area contributed by atoms with Gasteiger partial charge in [-0.3, -0.25) is 14.2 Å². The third kappa shape index (κ3) is 34.7. The quantitative estimate of drug-likeness (QED) is 0.0280. The monoisotopic (exact) mass is 692 g/mol. The molecule has 0 aromatic heterocycles. The van der Waals surface area contributed by atoms with Gasteiger partial charge in [0.05, 0.1) is 27.7 Å². The van der Waals surface area contributed by atoms with Crippen molar-refractivity contribution in [3.63, 3.8) is 0 Å². The molecule has 0 rings (SSSR count). The van der Waals surface area contributed by atoms with Crippen LogP contribution in [0.25, 0.3) is 0 Å². The highest BCUT2D eigenvalue weighted by atomic mass is 31.2. The van der Waals surface area contributed by atoms with Gasteiger partial charge >= 0.3 is 11.9 Å². The van der Waals surface area contributed by atoms with Crippen LogP contribution in [0.1, 0.15) is 174 Å². The van der Waals surface area contributed by atoms with Crippen molar-refractivity contribution in [1.82, 2.24) is 0 Å². The SMILES string of the molecule is CCCCCCCCCCCCCCCCCC(=O)O[C@H](COC(=O)CCCCCCCCCC)COP(=O)([O-])OCC[N+](C)(C)C. The van der Waals surface area contributed by atoms with Crippen LogP contribution >= 0.6 is 7.82 Å². The molecule has 47 heavy (non-hydrogen) atoms. The molecule has 0 saturated carbocycles. The highest BCUT2D eigenvalue weighted by Gasteiger charge is 2.21. The molecule has 0 bridgehead atoms. The minimum Gasteiger partial charge on any atom is -0.756 e. The van der Waals surface area contributed by atoms with Crippen molar-refractivity contribution >= 4 is 19.8 Å². The lowest BCUT2D eigenvalue weighted by Crippen LogP contribution is -2.37. The molecule has 0 N–H and O–H groups in total. The first kappa shape index (κ1) is 46.0. The highest BCUT2D eigenvalue weighted by Crippen LogP contribution is 2.38. The number of unbranched alkanes of at least 4 members (excludes halogenated alkanes) is 21. The summed E-state index contributed by atoms with van der Waals surface area (Å²) in [5.74, 6) is -0.831. The largest absolute Gasteiger partial charge is 0.756 e. The molecule has 280 valence electrons. The number of carbonyl (C=O) groups excluding carboxylic acids is 2. The third-order valence-corrected chi connectivity index (χ3v) is 9.34. The lowest BCUT2D eigenvalue weighted by atomic mass is 10.0. The van der Waals surface area contributed by atoms with Crippen LogP contribution in [0, 0.1) is 0 Å². The van der Waals surface area contributed by atoms with Gasteiger partial charge in [-0.25, -0.2) is 0 Å². The Morgan fingerprint density at radius 1 is 0.574 bits per heavy atom. The van der Waals surface area contributed by atoms with E-state index >= 15 is 0 Å². The molecule has 0 fully saturated rings. The Morgan fingerprint density at radius 2 is 0.957 bits per heavy atom. The van der Waals surface area contributed by atoms with Gasteiger partial charge in [0, 0.05) is 12.8 Å². The molecular formula is C37H74NO8P. The standard InChI is InChI=1S/C37H74NO8P/c1-6-8-10-12-14-16-17-18-19-20-21-22-24-26-28-30-37(40)46-35(34-45-47(41,42)44-32-31-38(3,4)5)33-43-36(39)29-27-25-23-15-13-11-9-7-2/h35H,6-34H2,1-5H3/t35-/m1/s1. The molecule has 0 heterocycles. The molecule has 0 aliphatic rings. The second kappa shape index (κ2) is 31.0. The van der Waals surface area contributed by atoms with E-state index < -0.39 is 26.5 Å². The fourth-order valence-corrected chi connectivity index (χ4v) is 6.03. The van der Waals surface area contributed by atoms with E-state index in [2.05, 4.69) is 13.8 Å². The Bertz CT molecular complexity index is 789. The maximum absolute atomic E-state index is 12.6. The van der Waals surface area contributed by atoms with Crippen molar-refractivity contribution in [3.8, 4) is 0 Å². The molecule has 0 radical (unpaired) electrons. The fraction of sp³-hybridized carbons (Fsp3) is 0.946. The molecule has 0 aliphatic carbocycles. The first-order valence-corrected chi connectivity index (χ1v) is 20.7. The zero-order chi connectivity index (χ0) is 35.1. The molecule has 9 nitrogen and oxygen atoms in total. The van der Waals surface area contributed by atoms with E-state index in [1.807, 2.05) is 21.1 Å². The molecule has 0 aliphatic heterocycles. The smallest absolute Gasteiger partial charge is 0.306 e. The minimum atomic E-state index is -4.60. The summed E-state index contributed by atoms with van der Waals surface area (Å²) in [4.78, 5) is 37.2. The summed E-state index contributed by atoms with van der Waals surface area (Å²) in [7, 11) is 1.18. The van der Waals surface area contributed by atoms with E-state index in [0.29, 0.717) is 17.4 Å². The number of quaternary nitrogens is 1. The van der Waals surface area contributed by atoms with Crippen molar-refractivity contribution in [3.05, 3.63) is 0 Å². The lowest BCUT2D eigenvalue weighted by molar-refractivity contribution is -0.870. The zero-order valence-electron chi connectivity index (χ0n) is 31.2. The lowest BCUT2D eigenvalue weighted by Gasteiger charge is -2.28. The van der Waals surface area contributed by atoms with E-state index in [1.165, 1.54) is 109 Å². The van der Waals surface area contributed by atoms with Crippen molar-refractivity contribution in [2.24, 2.45) is 0 Å². The summed E-state index contributed by atoms with van der Waals surface area (Å²) in [6.45, 7) is 4.20. The number of phosphoric ester groups is 1. The molecule has 0 aromatic carbocycles. The van der Waals surface area contributed by atoms with Gasteiger partial charge in [0.25, 0.3) is 7.82 Å². The van der Waals surface area contributed by atoms with Gasteiger partial charge in [-0.15, -0.1) is 0 Å². The van der Waals surface area contributed by atoms with Crippen molar-refractivity contribution in [1.29, 1.82) is 0 Å². The van der Waals surface area contributed by atoms with Crippen LogP contribution in [0.3, 0.4) is 0 Å². The summed E-state index contributed by atoms with van der Waals surface area (Å²) in [5.41, 5.74) is 0. The Balaban J connectivity index is 4.36. The van der Waals surface area contributed by atoms with E-state index in [1.54, 1.807) is 0 Å². The summed E-state index contributed by atoms with van der Waals surface area (Å²) in [6.07, 6.45) is 27.1. The van der Waals surface area contributed by atoms with E-state index in [0.717, 1.165) is 32.1 Å². The van der Waals surface area contributed by atoms with Crippen LogP contribution in [0.4, 0.5) is 0 Å². The zero-order valence-corrected chi connectivity index (χ0v) is 32.1. The predicted molar refractivity (Wildman–Crippen MR) is 190 cm³/mol. The molecule has 2 atom stereocenters. The van der Waals surface area contributed by atoms with Crippen LogP contribution in [0.2, 0.25) is 0 Å². The Labute approximate surface area is 289 Å². The topological polar surface area (TPSA) is 111 Å². The van der Waals surface area contributed by atoms with E-state index in [9.17, 15) is 19.0 Å². The normalized spacial score (nSPS) is 13.7. The second-order valence-corrected chi connectivity index (χ2v) is 15.7. The van der Waals surface area contributed by atoms with Gasteiger partial charge in [0.1, 0.15) is 19.8 Å². The molecule has 0 aromatic rings. The van der Waals surface area contributed by atoms with Crippen molar-refractivity contribution in [2.75, 3.05) is 47.5 Å². The van der Waals surface area contributed by atoms with Gasteiger partial charge < -0.3 is 27.9 Å². The molecule has 0 saturated heterocycles. The minimum absolute atomic E-state index is 0.0263. The predicted octanol–water partition coefficient (Wildman–Crippen LogP) is 9.44. The van der Waals surface area contributed by atoms with Crippen LogP contribution < -0.4 is 4.89 Å². The first-order valence-electron chi connectivity index (χ1n) is 19.2. The van der Waals surface area contributed by atoms with Gasteiger partial charge in [0.15, 0.2) is 6.10 Å². The Morgan fingerprint density at radius 3 is 1.36 bits per heavy atom. The van der Waals surface area contributed by atoms with E-state index in [4.69, 9.17) is 18.5 Å². The summed E-state index contributed by atoms with van der Waals surface area (Å²) < 4.78 is 33.7. The molecular weight excluding hydrogens is 617 g/mol. The third-order valence-electron chi connectivity index (χ3n) is 8.38. The maximum atomic E-state index is 12.6. The summed E-state index contributed by atoms with van der Waals surface area (Å²) >= 11 is 0. The van der Waals surface area contributed by atoms with Crippen molar-refractivity contribution < 1.29 is 42.1 Å². The summed E-state index contributed by atoms with van der Waals surface area (Å²) in [6, 6.07) is 0. The maximum Gasteiger partial charge on any atom is 0.306 e.